The van der Waals surface area contributed by atoms with Crippen LogP contribution in [0.1, 0.15) is 18.1 Å². The van der Waals surface area contributed by atoms with E-state index < -0.39 is 17.0 Å². The molecule has 0 spiro atoms. The third-order valence-corrected chi connectivity index (χ3v) is 6.76. The van der Waals surface area contributed by atoms with E-state index in [-0.39, 0.29) is 29.0 Å². The fourth-order valence-corrected chi connectivity index (χ4v) is 4.72. The lowest BCUT2D eigenvalue weighted by molar-refractivity contribution is -0.137. The standard InChI is InChI=1S/C25H24ClFN2O6S/c1-2-34-21-11-16(3-6-20(21)35-15-23(30)28-7-9-33-10-8-28)12-22-24(31)29(25(32)36-22)14-17-4-5-18(27)13-19(17)26/h3-6,11-13H,2,7-10,14-15H2,1H3/b22-12-. The van der Waals surface area contributed by atoms with Crippen LogP contribution in [-0.4, -0.2) is 66.4 Å². The zero-order valence-corrected chi connectivity index (χ0v) is 21.1. The summed E-state index contributed by atoms with van der Waals surface area (Å²) in [6, 6.07) is 8.86. The number of carbonyl (C=O) groups excluding carboxylic acids is 3. The van der Waals surface area contributed by atoms with E-state index in [9.17, 15) is 18.8 Å². The molecule has 0 unspecified atom stereocenters. The molecule has 11 heteroatoms. The number of hydrogen-bond donors (Lipinski definition) is 0. The van der Waals surface area contributed by atoms with Crippen molar-refractivity contribution in [2.24, 2.45) is 0 Å². The van der Waals surface area contributed by atoms with Crippen molar-refractivity contribution in [2.45, 2.75) is 13.5 Å². The zero-order chi connectivity index (χ0) is 25.7. The Morgan fingerprint density at radius 2 is 1.92 bits per heavy atom. The summed E-state index contributed by atoms with van der Waals surface area (Å²) in [5.41, 5.74) is 1.09. The van der Waals surface area contributed by atoms with Crippen molar-refractivity contribution < 1.29 is 33.0 Å². The number of benzene rings is 2. The summed E-state index contributed by atoms with van der Waals surface area (Å²) >= 11 is 6.86. The number of thioether (sulfide) groups is 1. The van der Waals surface area contributed by atoms with Crippen molar-refractivity contribution in [2.75, 3.05) is 39.5 Å². The number of morpholine rings is 1. The molecule has 0 radical (unpaired) electrons. The number of imide groups is 1. The van der Waals surface area contributed by atoms with Gasteiger partial charge in [0.1, 0.15) is 5.82 Å². The van der Waals surface area contributed by atoms with Crippen molar-refractivity contribution in [3.05, 3.63) is 63.3 Å². The van der Waals surface area contributed by atoms with Gasteiger partial charge in [-0.1, -0.05) is 23.7 Å². The fourth-order valence-electron chi connectivity index (χ4n) is 3.65. The van der Waals surface area contributed by atoms with Crippen LogP contribution < -0.4 is 9.47 Å². The summed E-state index contributed by atoms with van der Waals surface area (Å²) in [5.74, 6) is -0.298. The first kappa shape index (κ1) is 26.0. The van der Waals surface area contributed by atoms with Gasteiger partial charge in [0.25, 0.3) is 17.1 Å². The van der Waals surface area contributed by atoms with E-state index in [2.05, 4.69) is 0 Å². The lowest BCUT2D eigenvalue weighted by atomic mass is 10.1. The highest BCUT2D eigenvalue weighted by molar-refractivity contribution is 8.18. The molecule has 0 bridgehead atoms. The number of halogens is 2. The molecule has 0 aromatic heterocycles. The Morgan fingerprint density at radius 3 is 2.64 bits per heavy atom. The van der Waals surface area contributed by atoms with Gasteiger partial charge in [0, 0.05) is 18.1 Å². The molecule has 2 aromatic rings. The van der Waals surface area contributed by atoms with Crippen LogP contribution >= 0.6 is 23.4 Å². The molecule has 0 aliphatic carbocycles. The molecule has 2 aliphatic rings. The van der Waals surface area contributed by atoms with Crippen molar-refractivity contribution >= 4 is 46.5 Å². The maximum atomic E-state index is 13.3. The minimum absolute atomic E-state index is 0.0603. The number of hydrogen-bond acceptors (Lipinski definition) is 7. The Bertz CT molecular complexity index is 1200. The zero-order valence-electron chi connectivity index (χ0n) is 19.5. The molecule has 0 N–H and O–H groups in total. The Hall–Kier alpha value is -3.08. The predicted molar refractivity (Wildman–Crippen MR) is 133 cm³/mol. The van der Waals surface area contributed by atoms with Gasteiger partial charge in [0.05, 0.1) is 31.3 Å². The number of carbonyl (C=O) groups is 3. The second kappa shape index (κ2) is 11.8. The van der Waals surface area contributed by atoms with E-state index in [0.29, 0.717) is 55.5 Å². The van der Waals surface area contributed by atoms with Crippen LogP contribution in [0.15, 0.2) is 41.3 Å². The van der Waals surface area contributed by atoms with Crippen LogP contribution in [0.25, 0.3) is 6.08 Å². The number of rotatable bonds is 8. The van der Waals surface area contributed by atoms with E-state index in [1.54, 1.807) is 29.2 Å². The molecule has 2 saturated heterocycles. The van der Waals surface area contributed by atoms with Gasteiger partial charge >= 0.3 is 0 Å². The molecule has 2 aliphatic heterocycles. The molecule has 0 atom stereocenters. The molecule has 0 saturated carbocycles. The highest BCUT2D eigenvalue weighted by Gasteiger charge is 2.35. The predicted octanol–water partition coefficient (Wildman–Crippen LogP) is 4.35. The maximum absolute atomic E-state index is 13.3. The molecule has 4 rings (SSSR count). The molecule has 36 heavy (non-hydrogen) atoms. The van der Waals surface area contributed by atoms with Crippen molar-refractivity contribution in [3.8, 4) is 11.5 Å². The fraction of sp³-hybridized carbons (Fsp3) is 0.320. The Kier molecular flexibility index (Phi) is 8.50. The Morgan fingerprint density at radius 1 is 1.14 bits per heavy atom. The first-order valence-electron chi connectivity index (χ1n) is 11.3. The second-order valence-electron chi connectivity index (χ2n) is 7.92. The van der Waals surface area contributed by atoms with E-state index in [4.69, 9.17) is 25.8 Å². The van der Waals surface area contributed by atoms with Crippen LogP contribution in [0.4, 0.5) is 9.18 Å². The van der Waals surface area contributed by atoms with Crippen molar-refractivity contribution in [3.63, 3.8) is 0 Å². The van der Waals surface area contributed by atoms with E-state index in [1.807, 2.05) is 6.92 Å². The highest BCUT2D eigenvalue weighted by atomic mass is 35.5. The monoisotopic (exact) mass is 534 g/mol. The van der Waals surface area contributed by atoms with E-state index in [0.717, 1.165) is 22.7 Å². The summed E-state index contributed by atoms with van der Waals surface area (Å²) in [6.07, 6.45) is 1.59. The number of amides is 3. The Labute approximate surface area is 216 Å². The molecule has 8 nitrogen and oxygen atoms in total. The second-order valence-corrected chi connectivity index (χ2v) is 9.32. The van der Waals surface area contributed by atoms with Gasteiger partial charge in [-0.15, -0.1) is 0 Å². The van der Waals surface area contributed by atoms with Gasteiger partial charge in [-0.25, -0.2) is 4.39 Å². The van der Waals surface area contributed by atoms with Crippen molar-refractivity contribution in [1.82, 2.24) is 9.80 Å². The van der Waals surface area contributed by atoms with Gasteiger partial charge in [-0.3, -0.25) is 19.3 Å². The van der Waals surface area contributed by atoms with Gasteiger partial charge in [-0.2, -0.15) is 0 Å². The third-order valence-electron chi connectivity index (χ3n) is 5.50. The first-order valence-corrected chi connectivity index (χ1v) is 12.5. The quantitative estimate of drug-likeness (QED) is 0.465. The minimum Gasteiger partial charge on any atom is -0.490 e. The van der Waals surface area contributed by atoms with Crippen LogP contribution in [0.2, 0.25) is 5.02 Å². The van der Waals surface area contributed by atoms with Crippen LogP contribution in [-0.2, 0) is 20.9 Å². The summed E-state index contributed by atoms with van der Waals surface area (Å²) in [5, 5.41) is -0.305. The summed E-state index contributed by atoms with van der Waals surface area (Å²) in [4.78, 5) is 40.8. The van der Waals surface area contributed by atoms with Crippen LogP contribution in [0, 0.1) is 5.82 Å². The van der Waals surface area contributed by atoms with Gasteiger partial charge < -0.3 is 19.1 Å². The number of nitrogens with zero attached hydrogens (tertiary/aromatic N) is 2. The normalized spacial score (nSPS) is 17.1. The summed E-state index contributed by atoms with van der Waals surface area (Å²) < 4.78 is 30.0. The molecule has 2 aromatic carbocycles. The molecule has 2 heterocycles. The summed E-state index contributed by atoms with van der Waals surface area (Å²) in [6.45, 7) is 4.07. The van der Waals surface area contributed by atoms with Crippen molar-refractivity contribution in [1.29, 1.82) is 0 Å². The molecule has 3 amide bonds. The first-order chi connectivity index (χ1) is 17.4. The van der Waals surface area contributed by atoms with Gasteiger partial charge in [0.2, 0.25) is 0 Å². The molecule has 190 valence electrons. The largest absolute Gasteiger partial charge is 0.490 e. The maximum Gasteiger partial charge on any atom is 0.293 e. The number of ether oxygens (including phenoxy) is 3. The molecular formula is C25H24ClFN2O6S. The van der Waals surface area contributed by atoms with Crippen LogP contribution in [0.5, 0.6) is 11.5 Å². The van der Waals surface area contributed by atoms with Gasteiger partial charge in [0.15, 0.2) is 18.1 Å². The SMILES string of the molecule is CCOc1cc(/C=C2\SC(=O)N(Cc3ccc(F)cc3Cl)C2=O)ccc1OCC(=O)N1CCOCC1. The average molecular weight is 535 g/mol. The average Bonchev–Trinajstić information content (AvgIpc) is 3.13. The molecule has 2 fully saturated rings. The lowest BCUT2D eigenvalue weighted by Gasteiger charge is -2.26. The smallest absolute Gasteiger partial charge is 0.293 e. The molecular weight excluding hydrogens is 511 g/mol. The highest BCUT2D eigenvalue weighted by Crippen LogP contribution is 2.36. The lowest BCUT2D eigenvalue weighted by Crippen LogP contribution is -2.43. The summed E-state index contributed by atoms with van der Waals surface area (Å²) in [7, 11) is 0. The third kappa shape index (κ3) is 6.18. The topological polar surface area (TPSA) is 85.4 Å². The van der Waals surface area contributed by atoms with E-state index in [1.165, 1.54) is 12.1 Å². The minimum atomic E-state index is -0.499. The van der Waals surface area contributed by atoms with Gasteiger partial charge in [-0.05, 0) is 60.2 Å². The van der Waals surface area contributed by atoms with E-state index >= 15 is 0 Å². The Balaban J connectivity index is 1.46. The van der Waals surface area contributed by atoms with Crippen LogP contribution in [0.3, 0.4) is 0 Å².